The number of ether oxygens (including phenoxy) is 1. The maximum atomic E-state index is 12.2. The number of esters is 1. The van der Waals surface area contributed by atoms with Gasteiger partial charge in [0.25, 0.3) is 11.8 Å². The third-order valence-electron chi connectivity index (χ3n) is 2.99. The number of imide groups is 1. The Morgan fingerprint density at radius 1 is 1.24 bits per heavy atom. The summed E-state index contributed by atoms with van der Waals surface area (Å²) in [4.78, 5) is 36.4. The highest BCUT2D eigenvalue weighted by Gasteiger charge is 2.31. The maximum Gasteiger partial charge on any atom is 0.333 e. The first-order chi connectivity index (χ1) is 10.0. The maximum absolute atomic E-state index is 12.2. The molecule has 0 unspecified atom stereocenters. The number of hydrogen-bond acceptors (Lipinski definition) is 4. The molecule has 0 saturated heterocycles. The molecule has 0 aliphatic carbocycles. The lowest BCUT2D eigenvalue weighted by Gasteiger charge is -2.14. The second-order valence-corrected chi connectivity index (χ2v) is 4.64. The molecule has 0 fully saturated rings. The first-order valence-corrected chi connectivity index (χ1v) is 6.46. The molecule has 1 aliphatic rings. The van der Waals surface area contributed by atoms with Gasteiger partial charge in [-0.2, -0.15) is 0 Å². The van der Waals surface area contributed by atoms with Gasteiger partial charge in [-0.1, -0.05) is 36.9 Å². The van der Waals surface area contributed by atoms with Crippen molar-refractivity contribution in [1.82, 2.24) is 4.90 Å². The molecule has 0 bridgehead atoms. The second-order valence-electron chi connectivity index (χ2n) is 4.64. The highest BCUT2D eigenvalue weighted by Crippen LogP contribution is 2.22. The van der Waals surface area contributed by atoms with Gasteiger partial charge in [-0.05, 0) is 12.5 Å². The molecule has 5 heteroatoms. The summed E-state index contributed by atoms with van der Waals surface area (Å²) in [7, 11) is 0. The summed E-state index contributed by atoms with van der Waals surface area (Å²) < 4.78 is 4.90. The van der Waals surface area contributed by atoms with E-state index in [9.17, 15) is 14.4 Å². The lowest BCUT2D eigenvalue weighted by atomic mass is 10.1. The van der Waals surface area contributed by atoms with Crippen LogP contribution >= 0.6 is 0 Å². The highest BCUT2D eigenvalue weighted by molar-refractivity contribution is 6.33. The number of carbonyl (C=O) groups excluding carboxylic acids is 3. The van der Waals surface area contributed by atoms with Crippen molar-refractivity contribution in [3.05, 3.63) is 54.1 Å². The minimum atomic E-state index is -0.537. The van der Waals surface area contributed by atoms with E-state index >= 15 is 0 Å². The van der Waals surface area contributed by atoms with Gasteiger partial charge in [0, 0.05) is 11.6 Å². The highest BCUT2D eigenvalue weighted by atomic mass is 16.5. The average Bonchev–Trinajstić information content (AvgIpc) is 2.75. The van der Waals surface area contributed by atoms with Crippen LogP contribution in [-0.4, -0.2) is 35.8 Å². The number of amides is 2. The molecule has 1 aliphatic heterocycles. The molecule has 0 spiro atoms. The molecule has 2 amide bonds. The van der Waals surface area contributed by atoms with E-state index in [2.05, 4.69) is 6.58 Å². The second kappa shape index (κ2) is 6.17. The fourth-order valence-corrected chi connectivity index (χ4v) is 1.90. The zero-order valence-corrected chi connectivity index (χ0v) is 11.7. The Labute approximate surface area is 122 Å². The van der Waals surface area contributed by atoms with E-state index in [1.165, 1.54) is 13.0 Å². The van der Waals surface area contributed by atoms with Gasteiger partial charge < -0.3 is 4.74 Å². The largest absolute Gasteiger partial charge is 0.460 e. The van der Waals surface area contributed by atoms with E-state index in [0.29, 0.717) is 11.1 Å². The molecule has 108 valence electrons. The van der Waals surface area contributed by atoms with E-state index < -0.39 is 11.9 Å². The monoisotopic (exact) mass is 285 g/mol. The smallest absolute Gasteiger partial charge is 0.333 e. The van der Waals surface area contributed by atoms with Crippen LogP contribution < -0.4 is 0 Å². The molecule has 0 aromatic heterocycles. The fourth-order valence-electron chi connectivity index (χ4n) is 1.90. The van der Waals surface area contributed by atoms with Gasteiger partial charge in [0.05, 0.1) is 12.1 Å². The SMILES string of the molecule is C=C(C)C(=O)OCCN1C(=O)C=C(c2ccccc2)C1=O. The van der Waals surface area contributed by atoms with Crippen molar-refractivity contribution in [2.45, 2.75) is 6.92 Å². The van der Waals surface area contributed by atoms with Crippen LogP contribution in [0.4, 0.5) is 0 Å². The molecule has 1 aromatic carbocycles. The van der Waals surface area contributed by atoms with Gasteiger partial charge in [-0.25, -0.2) is 4.79 Å². The normalized spacial score (nSPS) is 14.1. The number of hydrogen-bond donors (Lipinski definition) is 0. The van der Waals surface area contributed by atoms with Crippen molar-refractivity contribution in [2.75, 3.05) is 13.2 Å². The zero-order chi connectivity index (χ0) is 15.4. The standard InChI is InChI=1S/C16H15NO4/c1-11(2)16(20)21-9-8-17-14(18)10-13(15(17)19)12-6-4-3-5-7-12/h3-7,10H,1,8-9H2,2H3. The van der Waals surface area contributed by atoms with E-state index in [1.807, 2.05) is 6.07 Å². The van der Waals surface area contributed by atoms with Crippen LogP contribution in [0.15, 0.2) is 48.6 Å². The summed E-state index contributed by atoms with van der Waals surface area (Å²) in [6.45, 7) is 4.97. The van der Waals surface area contributed by atoms with Crippen molar-refractivity contribution in [2.24, 2.45) is 0 Å². The molecule has 5 nitrogen and oxygen atoms in total. The Hall–Kier alpha value is -2.69. The predicted molar refractivity (Wildman–Crippen MR) is 76.9 cm³/mol. The molecule has 0 radical (unpaired) electrons. The molecule has 0 N–H and O–H groups in total. The van der Waals surface area contributed by atoms with Crippen LogP contribution in [0.3, 0.4) is 0 Å². The van der Waals surface area contributed by atoms with E-state index in [4.69, 9.17) is 4.74 Å². The quantitative estimate of drug-likeness (QED) is 0.468. The Morgan fingerprint density at radius 3 is 2.52 bits per heavy atom. The van der Waals surface area contributed by atoms with E-state index in [1.54, 1.807) is 24.3 Å². The Morgan fingerprint density at radius 2 is 1.90 bits per heavy atom. The van der Waals surface area contributed by atoms with Crippen LogP contribution in [0.1, 0.15) is 12.5 Å². The molecule has 0 atom stereocenters. The topological polar surface area (TPSA) is 63.7 Å². The van der Waals surface area contributed by atoms with Crippen molar-refractivity contribution >= 4 is 23.4 Å². The molecular formula is C16H15NO4. The zero-order valence-electron chi connectivity index (χ0n) is 11.7. The third kappa shape index (κ3) is 3.25. The summed E-state index contributed by atoms with van der Waals surface area (Å²) in [5.74, 6) is -1.31. The van der Waals surface area contributed by atoms with Gasteiger partial charge in [-0.15, -0.1) is 0 Å². The van der Waals surface area contributed by atoms with Crippen LogP contribution in [0.25, 0.3) is 5.57 Å². The minimum absolute atomic E-state index is 0.0313. The number of rotatable bonds is 5. The van der Waals surface area contributed by atoms with Crippen molar-refractivity contribution in [3.63, 3.8) is 0 Å². The van der Waals surface area contributed by atoms with Crippen LogP contribution in [0.2, 0.25) is 0 Å². The molecule has 21 heavy (non-hydrogen) atoms. The van der Waals surface area contributed by atoms with E-state index in [-0.39, 0.29) is 24.6 Å². The lowest BCUT2D eigenvalue weighted by molar-refractivity contribution is -0.144. The van der Waals surface area contributed by atoms with E-state index in [0.717, 1.165) is 4.90 Å². The van der Waals surface area contributed by atoms with Crippen molar-refractivity contribution < 1.29 is 19.1 Å². The Kier molecular flexibility index (Phi) is 4.33. The lowest BCUT2D eigenvalue weighted by Crippen LogP contribution is -2.34. The van der Waals surface area contributed by atoms with Gasteiger partial charge in [0.2, 0.25) is 0 Å². The minimum Gasteiger partial charge on any atom is -0.460 e. The predicted octanol–water partition coefficient (Wildman–Crippen LogP) is 1.56. The van der Waals surface area contributed by atoms with Crippen LogP contribution in [-0.2, 0) is 19.1 Å². The van der Waals surface area contributed by atoms with Gasteiger partial charge in [0.15, 0.2) is 0 Å². The molecular weight excluding hydrogens is 270 g/mol. The number of benzene rings is 1. The fraction of sp³-hybridized carbons (Fsp3) is 0.188. The summed E-state index contributed by atoms with van der Waals surface area (Å²) in [6, 6.07) is 8.96. The Bertz CT molecular complexity index is 631. The molecule has 1 aromatic rings. The third-order valence-corrected chi connectivity index (χ3v) is 2.99. The Balaban J connectivity index is 1.99. The first-order valence-electron chi connectivity index (χ1n) is 6.46. The summed E-state index contributed by atoms with van der Waals surface area (Å²) >= 11 is 0. The number of carbonyl (C=O) groups is 3. The van der Waals surface area contributed by atoms with Gasteiger partial charge in [0.1, 0.15) is 6.61 Å². The van der Waals surface area contributed by atoms with Gasteiger partial charge >= 0.3 is 5.97 Å². The molecule has 0 saturated carbocycles. The molecule has 2 rings (SSSR count). The summed E-state index contributed by atoms with van der Waals surface area (Å²) in [6.07, 6.45) is 1.30. The summed E-state index contributed by atoms with van der Waals surface area (Å²) in [5.41, 5.74) is 1.32. The first kappa shape index (κ1) is 14.7. The number of nitrogens with zero attached hydrogens (tertiary/aromatic N) is 1. The van der Waals surface area contributed by atoms with Crippen LogP contribution in [0.5, 0.6) is 0 Å². The molecule has 1 heterocycles. The van der Waals surface area contributed by atoms with Gasteiger partial charge in [-0.3, -0.25) is 14.5 Å². The van der Waals surface area contributed by atoms with Crippen molar-refractivity contribution in [1.29, 1.82) is 0 Å². The summed E-state index contributed by atoms with van der Waals surface area (Å²) in [5, 5.41) is 0. The van der Waals surface area contributed by atoms with Crippen molar-refractivity contribution in [3.8, 4) is 0 Å². The van der Waals surface area contributed by atoms with Crippen LogP contribution in [0, 0.1) is 0 Å². The average molecular weight is 285 g/mol.